The number of amides is 4. The molecule has 3 rings (SSSR count). The average Bonchev–Trinajstić information content (AvgIpc) is 3.83. The number of terminal acetylenes is 1. The van der Waals surface area contributed by atoms with Gasteiger partial charge in [-0.1, -0.05) is 24.1 Å². The van der Waals surface area contributed by atoms with Gasteiger partial charge in [-0.15, -0.1) is 6.42 Å². The Kier molecular flexibility index (Phi) is 26.8. The van der Waals surface area contributed by atoms with E-state index >= 15 is 0 Å². The first-order chi connectivity index (χ1) is 32.4. The maximum Gasteiger partial charge on any atom is 0.243 e. The van der Waals surface area contributed by atoms with Crippen LogP contribution in [-0.4, -0.2) is 166 Å². The molecule has 0 radical (unpaired) electrons. The Bertz CT molecular complexity index is 1930. The van der Waals surface area contributed by atoms with Gasteiger partial charge in [-0.05, 0) is 119 Å². The van der Waals surface area contributed by atoms with Crippen molar-refractivity contribution in [2.75, 3.05) is 113 Å². The summed E-state index contributed by atoms with van der Waals surface area (Å²) in [5.41, 5.74) is 25.0. The van der Waals surface area contributed by atoms with Crippen LogP contribution in [0.1, 0.15) is 55.4 Å². The van der Waals surface area contributed by atoms with Crippen LogP contribution in [0.5, 0.6) is 11.5 Å². The number of nitrogens with two attached hydrogens (primary N) is 4. The molecule has 370 valence electrons. The van der Waals surface area contributed by atoms with E-state index in [1.54, 1.807) is 38.5 Å². The normalized spacial score (nSPS) is 11.2. The average molecular weight is 936 g/mol. The van der Waals surface area contributed by atoms with Gasteiger partial charge in [0.15, 0.2) is 11.5 Å². The molecule has 0 saturated carbocycles. The SMILES string of the molecule is C#CCN(CC(=O)N(CCCCN)CC(=O)N(CC(N)=O)Cc1ccco1)C(=O)CN(CCCCN)CN(CCc1ccc(F)cc1)CN(CCCCN)CNCc1ccc(OC)c(OC)c1. The van der Waals surface area contributed by atoms with Gasteiger partial charge in [0.1, 0.15) is 18.1 Å². The third kappa shape index (κ3) is 21.7. The van der Waals surface area contributed by atoms with Gasteiger partial charge in [0.25, 0.3) is 0 Å². The first-order valence-corrected chi connectivity index (χ1v) is 22.9. The quantitative estimate of drug-likeness (QED) is 0.0317. The molecule has 1 heterocycles. The standard InChI is InChI=1S/C48H74FN11O7/c1-4-23-58(34-47(63)59(26-10-7-22-52)35-48(64)60(32-45(53)61)31-42-12-11-28-67-42)46(62)33-55(24-8-5-20-50)37-57(27-19-39-13-16-41(49)17-14-39)38-56(25-9-6-21-51)36-54-30-40-15-18-43(65-2)44(29-40)66-3/h1,11-18,28-29,54H,5-10,19-27,30-38,50-52H2,2-3H3,(H2,53,61). The maximum atomic E-state index is 14.3. The highest BCUT2D eigenvalue weighted by Gasteiger charge is 2.27. The highest BCUT2D eigenvalue weighted by Crippen LogP contribution is 2.27. The number of nitrogens with one attached hydrogen (secondary N) is 1. The van der Waals surface area contributed by atoms with E-state index in [-0.39, 0.29) is 57.5 Å². The number of carbonyl (C=O) groups excluding carboxylic acids is 4. The topological polar surface area (TPSA) is 235 Å². The number of hydrogen-bond donors (Lipinski definition) is 5. The van der Waals surface area contributed by atoms with Gasteiger partial charge in [-0.3, -0.25) is 33.9 Å². The summed E-state index contributed by atoms with van der Waals surface area (Å²) in [5, 5.41) is 3.57. The van der Waals surface area contributed by atoms with Crippen LogP contribution in [0.25, 0.3) is 0 Å². The van der Waals surface area contributed by atoms with Gasteiger partial charge >= 0.3 is 0 Å². The van der Waals surface area contributed by atoms with Crippen molar-refractivity contribution in [2.24, 2.45) is 22.9 Å². The van der Waals surface area contributed by atoms with Gasteiger partial charge in [-0.2, -0.15) is 0 Å². The van der Waals surface area contributed by atoms with Crippen LogP contribution in [0.15, 0.2) is 65.3 Å². The molecule has 1 aromatic heterocycles. The summed E-state index contributed by atoms with van der Waals surface area (Å²) in [7, 11) is 3.20. The lowest BCUT2D eigenvalue weighted by Gasteiger charge is -2.35. The Balaban J connectivity index is 1.85. The van der Waals surface area contributed by atoms with Crippen molar-refractivity contribution in [3.8, 4) is 23.8 Å². The van der Waals surface area contributed by atoms with E-state index in [1.807, 2.05) is 23.1 Å². The van der Waals surface area contributed by atoms with Crippen molar-refractivity contribution in [1.29, 1.82) is 0 Å². The number of primary amides is 1. The summed E-state index contributed by atoms with van der Waals surface area (Å²) in [6.07, 6.45) is 12.1. The van der Waals surface area contributed by atoms with Crippen LogP contribution >= 0.6 is 0 Å². The summed E-state index contributed by atoms with van der Waals surface area (Å²) >= 11 is 0. The lowest BCUT2D eigenvalue weighted by Crippen LogP contribution is -2.52. The molecule has 0 atom stereocenters. The predicted molar refractivity (Wildman–Crippen MR) is 256 cm³/mol. The van der Waals surface area contributed by atoms with Crippen LogP contribution in [0.2, 0.25) is 0 Å². The van der Waals surface area contributed by atoms with Crippen molar-refractivity contribution in [3.05, 3.63) is 83.6 Å². The lowest BCUT2D eigenvalue weighted by molar-refractivity contribution is -0.145. The number of halogens is 1. The zero-order chi connectivity index (χ0) is 48.8. The predicted octanol–water partition coefficient (Wildman–Crippen LogP) is 1.57. The molecule has 67 heavy (non-hydrogen) atoms. The van der Waals surface area contributed by atoms with Crippen LogP contribution < -0.4 is 37.7 Å². The molecule has 19 heteroatoms. The molecule has 2 aromatic carbocycles. The third-order valence-electron chi connectivity index (χ3n) is 10.9. The number of furan rings is 1. The zero-order valence-electron chi connectivity index (χ0n) is 39.5. The summed E-state index contributed by atoms with van der Waals surface area (Å²) in [6.45, 7) is 4.15. The molecule has 9 N–H and O–H groups in total. The minimum absolute atomic E-state index is 0.0243. The molecule has 0 spiro atoms. The van der Waals surface area contributed by atoms with Gasteiger partial charge in [-0.25, -0.2) is 4.39 Å². The third-order valence-corrected chi connectivity index (χ3v) is 10.9. The van der Waals surface area contributed by atoms with Crippen molar-refractivity contribution in [1.82, 2.24) is 34.7 Å². The van der Waals surface area contributed by atoms with E-state index in [9.17, 15) is 23.6 Å². The molecule has 4 amide bonds. The van der Waals surface area contributed by atoms with E-state index in [0.29, 0.717) is 102 Å². The minimum atomic E-state index is -0.723. The molecule has 18 nitrogen and oxygen atoms in total. The fraction of sp³-hybridized carbons (Fsp3) is 0.542. The molecule has 0 unspecified atom stereocenters. The highest BCUT2D eigenvalue weighted by molar-refractivity contribution is 5.90. The Labute approximate surface area is 396 Å². The molecule has 0 bridgehead atoms. The van der Waals surface area contributed by atoms with E-state index in [0.717, 1.165) is 36.9 Å². The number of benzene rings is 2. The second-order valence-electron chi connectivity index (χ2n) is 16.3. The number of nitrogens with zero attached hydrogens (tertiary/aromatic N) is 6. The summed E-state index contributed by atoms with van der Waals surface area (Å²) in [6, 6.07) is 15.6. The summed E-state index contributed by atoms with van der Waals surface area (Å²) in [4.78, 5) is 64.4. The Morgan fingerprint density at radius 3 is 1.90 bits per heavy atom. The number of rotatable bonds is 36. The first kappa shape index (κ1) is 55.7. The monoisotopic (exact) mass is 936 g/mol. The zero-order valence-corrected chi connectivity index (χ0v) is 39.5. The number of methoxy groups -OCH3 is 2. The fourth-order valence-electron chi connectivity index (χ4n) is 7.31. The second-order valence-corrected chi connectivity index (χ2v) is 16.3. The van der Waals surface area contributed by atoms with Crippen molar-refractivity contribution in [2.45, 2.75) is 58.0 Å². The fourth-order valence-corrected chi connectivity index (χ4v) is 7.31. The second kappa shape index (κ2) is 32.2. The molecule has 0 saturated heterocycles. The molecule has 3 aromatic rings. The smallest absolute Gasteiger partial charge is 0.243 e. The number of ether oxygens (including phenoxy) is 2. The lowest BCUT2D eigenvalue weighted by atomic mass is 10.1. The van der Waals surface area contributed by atoms with Crippen molar-refractivity contribution >= 4 is 23.6 Å². The highest BCUT2D eigenvalue weighted by atomic mass is 19.1. The minimum Gasteiger partial charge on any atom is -0.493 e. The number of hydrogen-bond acceptors (Lipinski definition) is 14. The number of unbranched alkanes of at least 4 members (excludes halogenated alkanes) is 3. The van der Waals surface area contributed by atoms with E-state index in [4.69, 9.17) is 43.2 Å². The van der Waals surface area contributed by atoms with Crippen LogP contribution in [-0.2, 0) is 38.7 Å². The van der Waals surface area contributed by atoms with Crippen LogP contribution in [0, 0.1) is 18.2 Å². The summed E-state index contributed by atoms with van der Waals surface area (Å²) in [5.74, 6) is 1.84. The van der Waals surface area contributed by atoms with Gasteiger partial charge in [0.05, 0.1) is 66.5 Å². The molecule has 0 aliphatic carbocycles. The van der Waals surface area contributed by atoms with E-state index in [1.165, 1.54) is 33.1 Å². The van der Waals surface area contributed by atoms with Gasteiger partial charge < -0.3 is 56.8 Å². The van der Waals surface area contributed by atoms with Crippen LogP contribution in [0.4, 0.5) is 4.39 Å². The molecule has 0 aliphatic heterocycles. The van der Waals surface area contributed by atoms with E-state index < -0.39 is 17.7 Å². The van der Waals surface area contributed by atoms with Crippen molar-refractivity contribution in [3.63, 3.8) is 0 Å². The Hall–Kier alpha value is -5.59. The molecule has 0 fully saturated rings. The summed E-state index contributed by atoms with van der Waals surface area (Å²) < 4.78 is 30.2. The van der Waals surface area contributed by atoms with E-state index in [2.05, 4.69) is 21.0 Å². The molecule has 0 aliphatic rings. The van der Waals surface area contributed by atoms with Crippen LogP contribution in [0.3, 0.4) is 0 Å². The van der Waals surface area contributed by atoms with Crippen molar-refractivity contribution < 1.29 is 37.5 Å². The van der Waals surface area contributed by atoms with Gasteiger partial charge in [0.2, 0.25) is 23.6 Å². The molecular formula is C48H74FN11O7. The Morgan fingerprint density at radius 2 is 1.28 bits per heavy atom. The largest absolute Gasteiger partial charge is 0.493 e. The molecular weight excluding hydrogens is 862 g/mol. The van der Waals surface area contributed by atoms with Gasteiger partial charge in [0, 0.05) is 32.8 Å². The first-order valence-electron chi connectivity index (χ1n) is 22.9. The maximum absolute atomic E-state index is 14.3. The Morgan fingerprint density at radius 1 is 0.687 bits per heavy atom. The number of carbonyl (C=O) groups is 4.